The molecule has 0 bridgehead atoms. The second-order valence-electron chi connectivity index (χ2n) is 4.47. The van der Waals surface area contributed by atoms with E-state index in [2.05, 4.69) is 10.6 Å². The van der Waals surface area contributed by atoms with Gasteiger partial charge in [0.1, 0.15) is 5.82 Å². The van der Waals surface area contributed by atoms with Crippen LogP contribution in [0.3, 0.4) is 0 Å². The molecule has 1 amide bonds. The van der Waals surface area contributed by atoms with Crippen molar-refractivity contribution in [3.8, 4) is 0 Å². The van der Waals surface area contributed by atoms with Gasteiger partial charge in [-0.25, -0.2) is 4.39 Å². The summed E-state index contributed by atoms with van der Waals surface area (Å²) in [5.74, 6) is -0.588. The average molecular weight is 252 g/mol. The van der Waals surface area contributed by atoms with Gasteiger partial charge in [0, 0.05) is 18.7 Å². The van der Waals surface area contributed by atoms with E-state index in [0.717, 1.165) is 13.0 Å². The topological polar surface area (TPSA) is 61.4 Å². The van der Waals surface area contributed by atoms with Gasteiger partial charge < -0.3 is 15.7 Å². The van der Waals surface area contributed by atoms with E-state index in [9.17, 15) is 14.3 Å². The first-order chi connectivity index (χ1) is 8.68. The molecule has 1 aliphatic rings. The first kappa shape index (κ1) is 13.0. The zero-order chi connectivity index (χ0) is 13.0. The summed E-state index contributed by atoms with van der Waals surface area (Å²) in [6, 6.07) is 6.03. The van der Waals surface area contributed by atoms with Gasteiger partial charge in [0.05, 0.1) is 12.0 Å². The van der Waals surface area contributed by atoms with E-state index in [0.29, 0.717) is 6.54 Å². The Morgan fingerprint density at radius 1 is 1.56 bits per heavy atom. The van der Waals surface area contributed by atoms with Crippen LogP contribution in [0.1, 0.15) is 18.1 Å². The Bertz CT molecular complexity index is 419. The standard InChI is InChI=1S/C13H17FN2O2/c14-11-4-2-1-3-10(11)12(17)8-16-13(18)9-5-6-15-7-9/h1-4,9,12,15,17H,5-8H2,(H,16,18). The summed E-state index contributed by atoms with van der Waals surface area (Å²) in [6.45, 7) is 1.55. The highest BCUT2D eigenvalue weighted by molar-refractivity contribution is 5.79. The Balaban J connectivity index is 1.86. The van der Waals surface area contributed by atoms with Gasteiger partial charge in [-0.05, 0) is 19.0 Å². The molecule has 0 aromatic heterocycles. The number of hydrogen-bond acceptors (Lipinski definition) is 3. The van der Waals surface area contributed by atoms with Crippen molar-refractivity contribution in [3.05, 3.63) is 35.6 Å². The number of aliphatic hydroxyl groups excluding tert-OH is 1. The molecule has 3 N–H and O–H groups in total. The molecule has 0 saturated carbocycles. The van der Waals surface area contributed by atoms with E-state index >= 15 is 0 Å². The number of amides is 1. The highest BCUT2D eigenvalue weighted by atomic mass is 19.1. The Kier molecular flexibility index (Phi) is 4.28. The van der Waals surface area contributed by atoms with Crippen molar-refractivity contribution in [1.29, 1.82) is 0 Å². The van der Waals surface area contributed by atoms with Gasteiger partial charge in [0.15, 0.2) is 0 Å². The van der Waals surface area contributed by atoms with Crippen LogP contribution in [0.4, 0.5) is 4.39 Å². The van der Waals surface area contributed by atoms with Crippen molar-refractivity contribution in [3.63, 3.8) is 0 Å². The summed E-state index contributed by atoms with van der Waals surface area (Å²) in [6.07, 6.45) is -0.203. The minimum Gasteiger partial charge on any atom is -0.386 e. The molecule has 1 heterocycles. The fourth-order valence-electron chi connectivity index (χ4n) is 2.08. The monoisotopic (exact) mass is 252 g/mol. The van der Waals surface area contributed by atoms with E-state index in [-0.39, 0.29) is 23.9 Å². The maximum atomic E-state index is 13.4. The Morgan fingerprint density at radius 3 is 3.00 bits per heavy atom. The number of aliphatic hydroxyl groups is 1. The number of hydrogen-bond donors (Lipinski definition) is 3. The van der Waals surface area contributed by atoms with E-state index < -0.39 is 11.9 Å². The van der Waals surface area contributed by atoms with Crippen LogP contribution in [-0.2, 0) is 4.79 Å². The molecule has 0 spiro atoms. The second kappa shape index (κ2) is 5.93. The third-order valence-corrected chi connectivity index (χ3v) is 3.16. The average Bonchev–Trinajstić information content (AvgIpc) is 2.90. The zero-order valence-electron chi connectivity index (χ0n) is 10.0. The normalized spacial score (nSPS) is 20.7. The molecular formula is C13H17FN2O2. The molecule has 1 aromatic rings. The molecule has 1 aliphatic heterocycles. The lowest BCUT2D eigenvalue weighted by atomic mass is 10.1. The molecule has 2 atom stereocenters. The number of benzene rings is 1. The molecule has 4 nitrogen and oxygen atoms in total. The molecule has 0 aliphatic carbocycles. The van der Waals surface area contributed by atoms with Crippen LogP contribution in [-0.4, -0.2) is 30.6 Å². The minimum atomic E-state index is -1.01. The van der Waals surface area contributed by atoms with Crippen molar-refractivity contribution >= 4 is 5.91 Å². The maximum absolute atomic E-state index is 13.4. The number of carbonyl (C=O) groups is 1. The molecule has 2 rings (SSSR count). The molecule has 1 fully saturated rings. The Morgan fingerprint density at radius 2 is 2.33 bits per heavy atom. The largest absolute Gasteiger partial charge is 0.386 e. The van der Waals surface area contributed by atoms with Crippen LogP contribution in [0.15, 0.2) is 24.3 Å². The van der Waals surface area contributed by atoms with Gasteiger partial charge in [0.2, 0.25) is 5.91 Å². The van der Waals surface area contributed by atoms with Gasteiger partial charge in [0.25, 0.3) is 0 Å². The van der Waals surface area contributed by atoms with Crippen LogP contribution < -0.4 is 10.6 Å². The molecule has 1 saturated heterocycles. The summed E-state index contributed by atoms with van der Waals surface area (Å²) >= 11 is 0. The Hall–Kier alpha value is -1.46. The number of nitrogens with one attached hydrogen (secondary N) is 2. The SMILES string of the molecule is O=C(NCC(O)c1ccccc1F)C1CCNC1. The minimum absolute atomic E-state index is 0.0380. The van der Waals surface area contributed by atoms with Gasteiger partial charge in [-0.1, -0.05) is 18.2 Å². The first-order valence-corrected chi connectivity index (χ1v) is 6.09. The zero-order valence-corrected chi connectivity index (χ0v) is 10.0. The van der Waals surface area contributed by atoms with Crippen LogP contribution in [0.25, 0.3) is 0 Å². The van der Waals surface area contributed by atoms with Gasteiger partial charge >= 0.3 is 0 Å². The highest BCUT2D eigenvalue weighted by Gasteiger charge is 2.23. The predicted molar refractivity (Wildman–Crippen MR) is 65.3 cm³/mol. The van der Waals surface area contributed by atoms with Gasteiger partial charge in [-0.2, -0.15) is 0 Å². The quantitative estimate of drug-likeness (QED) is 0.735. The van der Waals surface area contributed by atoms with Crippen molar-refractivity contribution in [2.24, 2.45) is 5.92 Å². The molecule has 0 radical (unpaired) electrons. The molecular weight excluding hydrogens is 235 g/mol. The summed E-state index contributed by atoms with van der Waals surface area (Å²) in [7, 11) is 0. The van der Waals surface area contributed by atoms with E-state index in [1.165, 1.54) is 12.1 Å². The highest BCUT2D eigenvalue weighted by Crippen LogP contribution is 2.16. The molecule has 1 aromatic carbocycles. The van der Waals surface area contributed by atoms with Gasteiger partial charge in [-0.15, -0.1) is 0 Å². The van der Waals surface area contributed by atoms with Crippen LogP contribution in [0.2, 0.25) is 0 Å². The third-order valence-electron chi connectivity index (χ3n) is 3.16. The van der Waals surface area contributed by atoms with E-state index in [1.54, 1.807) is 12.1 Å². The van der Waals surface area contributed by atoms with Crippen molar-refractivity contribution in [2.75, 3.05) is 19.6 Å². The predicted octanol–water partition coefficient (Wildman–Crippen LogP) is 0.585. The summed E-state index contributed by atoms with van der Waals surface area (Å²) < 4.78 is 13.4. The smallest absolute Gasteiger partial charge is 0.224 e. The second-order valence-corrected chi connectivity index (χ2v) is 4.47. The lowest BCUT2D eigenvalue weighted by Gasteiger charge is -2.15. The molecule has 5 heteroatoms. The molecule has 2 unspecified atom stereocenters. The van der Waals surface area contributed by atoms with Crippen molar-refractivity contribution in [1.82, 2.24) is 10.6 Å². The Labute approximate surface area is 105 Å². The fourth-order valence-corrected chi connectivity index (χ4v) is 2.08. The fraction of sp³-hybridized carbons (Fsp3) is 0.462. The van der Waals surface area contributed by atoms with E-state index in [4.69, 9.17) is 0 Å². The molecule has 18 heavy (non-hydrogen) atoms. The number of carbonyl (C=O) groups excluding carboxylic acids is 1. The van der Waals surface area contributed by atoms with Crippen LogP contribution in [0.5, 0.6) is 0 Å². The summed E-state index contributed by atoms with van der Waals surface area (Å²) in [4.78, 5) is 11.7. The third kappa shape index (κ3) is 3.05. The lowest BCUT2D eigenvalue weighted by molar-refractivity contribution is -0.124. The van der Waals surface area contributed by atoms with Crippen LogP contribution >= 0.6 is 0 Å². The molecule has 98 valence electrons. The summed E-state index contributed by atoms with van der Waals surface area (Å²) in [5.41, 5.74) is 0.211. The van der Waals surface area contributed by atoms with Crippen LogP contribution in [0, 0.1) is 11.7 Å². The number of rotatable bonds is 4. The lowest BCUT2D eigenvalue weighted by Crippen LogP contribution is -2.34. The number of halogens is 1. The van der Waals surface area contributed by atoms with Gasteiger partial charge in [-0.3, -0.25) is 4.79 Å². The maximum Gasteiger partial charge on any atom is 0.224 e. The van der Waals surface area contributed by atoms with E-state index in [1.807, 2.05) is 0 Å². The van der Waals surface area contributed by atoms with Crippen molar-refractivity contribution < 1.29 is 14.3 Å². The first-order valence-electron chi connectivity index (χ1n) is 6.09. The van der Waals surface area contributed by atoms with Crippen molar-refractivity contribution in [2.45, 2.75) is 12.5 Å². The summed E-state index contributed by atoms with van der Waals surface area (Å²) in [5, 5.41) is 15.6.